The average Bonchev–Trinajstić information content (AvgIpc) is 3.46. The van der Waals surface area contributed by atoms with Gasteiger partial charge in [0, 0.05) is 36.6 Å². The highest BCUT2D eigenvalue weighted by Gasteiger charge is 2.21. The molecule has 0 saturated heterocycles. The lowest BCUT2D eigenvalue weighted by Crippen LogP contribution is -2.33. The molecule has 2 aliphatic carbocycles. The highest BCUT2D eigenvalue weighted by molar-refractivity contribution is 5.62. The van der Waals surface area contributed by atoms with Crippen molar-refractivity contribution in [3.8, 4) is 11.3 Å². The highest BCUT2D eigenvalue weighted by atomic mass is 15.3. The predicted molar refractivity (Wildman–Crippen MR) is 109 cm³/mol. The lowest BCUT2D eigenvalue weighted by atomic mass is 9.92. The van der Waals surface area contributed by atoms with E-state index in [-0.39, 0.29) is 0 Å². The summed E-state index contributed by atoms with van der Waals surface area (Å²) in [7, 11) is 0. The summed E-state index contributed by atoms with van der Waals surface area (Å²) < 4.78 is 1.85. The van der Waals surface area contributed by atoms with Gasteiger partial charge in [0.1, 0.15) is 5.82 Å². The van der Waals surface area contributed by atoms with Gasteiger partial charge in [-0.2, -0.15) is 0 Å². The Morgan fingerprint density at radius 1 is 0.964 bits per heavy atom. The van der Waals surface area contributed by atoms with Crippen molar-refractivity contribution in [3.63, 3.8) is 0 Å². The Hall–Kier alpha value is -2.74. The van der Waals surface area contributed by atoms with E-state index in [1.807, 2.05) is 35.2 Å². The summed E-state index contributed by atoms with van der Waals surface area (Å²) in [6.45, 7) is 0.956. The Kier molecular flexibility index (Phi) is 4.56. The molecule has 3 heterocycles. The van der Waals surface area contributed by atoms with Crippen molar-refractivity contribution in [1.29, 1.82) is 0 Å². The molecular formula is C20H26N8. The van der Waals surface area contributed by atoms with Crippen LogP contribution in [-0.4, -0.2) is 43.2 Å². The van der Waals surface area contributed by atoms with Crippen LogP contribution >= 0.6 is 0 Å². The molecule has 4 N–H and O–H groups in total. The lowest BCUT2D eigenvalue weighted by Gasteiger charge is -2.27. The van der Waals surface area contributed by atoms with Crippen LogP contribution in [0.5, 0.6) is 0 Å². The minimum absolute atomic E-state index is 0.343. The van der Waals surface area contributed by atoms with E-state index in [9.17, 15) is 0 Å². The summed E-state index contributed by atoms with van der Waals surface area (Å²) in [5.41, 5.74) is 8.61. The van der Waals surface area contributed by atoms with E-state index in [1.165, 1.54) is 12.8 Å². The van der Waals surface area contributed by atoms with Gasteiger partial charge in [-0.25, -0.2) is 19.5 Å². The van der Waals surface area contributed by atoms with Crippen molar-refractivity contribution in [1.82, 2.24) is 24.6 Å². The second-order valence-corrected chi connectivity index (χ2v) is 8.01. The van der Waals surface area contributed by atoms with Crippen molar-refractivity contribution in [2.45, 2.75) is 50.6 Å². The van der Waals surface area contributed by atoms with Crippen LogP contribution in [0.25, 0.3) is 16.9 Å². The molecule has 28 heavy (non-hydrogen) atoms. The second-order valence-electron chi connectivity index (χ2n) is 8.01. The molecule has 0 aliphatic heterocycles. The van der Waals surface area contributed by atoms with Crippen LogP contribution in [-0.2, 0) is 0 Å². The van der Waals surface area contributed by atoms with E-state index in [2.05, 4.69) is 25.6 Å². The molecule has 0 radical (unpaired) electrons. The van der Waals surface area contributed by atoms with Crippen molar-refractivity contribution in [3.05, 3.63) is 30.7 Å². The number of imidazole rings is 1. The molecule has 2 aliphatic rings. The summed E-state index contributed by atoms with van der Waals surface area (Å²) >= 11 is 0. The summed E-state index contributed by atoms with van der Waals surface area (Å²) in [4.78, 5) is 13.4. The third-order valence-electron chi connectivity index (χ3n) is 5.68. The first kappa shape index (κ1) is 17.4. The number of rotatable bonds is 6. The van der Waals surface area contributed by atoms with Crippen LogP contribution in [0.4, 0.5) is 11.8 Å². The molecule has 8 nitrogen and oxygen atoms in total. The minimum Gasteiger partial charge on any atom is -0.366 e. The van der Waals surface area contributed by atoms with E-state index >= 15 is 0 Å². The maximum absolute atomic E-state index is 6.01. The number of nitrogens with two attached hydrogens (primary N) is 1. The molecule has 0 unspecified atom stereocenters. The van der Waals surface area contributed by atoms with Crippen LogP contribution in [0, 0.1) is 5.92 Å². The Morgan fingerprint density at radius 3 is 2.50 bits per heavy atom. The minimum atomic E-state index is 0.343. The van der Waals surface area contributed by atoms with E-state index in [4.69, 9.17) is 10.8 Å². The molecule has 2 fully saturated rings. The van der Waals surface area contributed by atoms with E-state index in [0.717, 1.165) is 60.9 Å². The fourth-order valence-electron chi connectivity index (χ4n) is 3.73. The monoisotopic (exact) mass is 378 g/mol. The van der Waals surface area contributed by atoms with Gasteiger partial charge in [0.15, 0.2) is 5.65 Å². The van der Waals surface area contributed by atoms with Gasteiger partial charge in [-0.3, -0.25) is 0 Å². The summed E-state index contributed by atoms with van der Waals surface area (Å²) in [6.07, 6.45) is 12.4. The fourth-order valence-corrected chi connectivity index (χ4v) is 3.73. The molecule has 0 amide bonds. The molecule has 8 heteroatoms. The zero-order chi connectivity index (χ0) is 18.9. The third kappa shape index (κ3) is 3.77. The maximum atomic E-state index is 6.01. The highest BCUT2D eigenvalue weighted by Crippen LogP contribution is 2.28. The van der Waals surface area contributed by atoms with Gasteiger partial charge < -0.3 is 16.4 Å². The first-order valence-electron chi connectivity index (χ1n) is 10.2. The Bertz CT molecular complexity index is 938. The Labute approximate surface area is 164 Å². The lowest BCUT2D eigenvalue weighted by molar-refractivity contribution is 0.410. The standard InChI is InChI=1S/C20H26N8/c21-15-3-5-16(6-4-15)26-18-7-8-19-22-12-17(28(19)27-18)14-10-24-20(25-11-14)23-9-13-1-2-13/h7-8,10-13,15-16H,1-6,9,21H2,(H,26,27)(H,23,24,25)/t15-,16-. The van der Waals surface area contributed by atoms with E-state index in [0.29, 0.717) is 18.0 Å². The quantitative estimate of drug-likeness (QED) is 0.605. The molecule has 5 rings (SSSR count). The van der Waals surface area contributed by atoms with Gasteiger partial charge in [0.2, 0.25) is 5.95 Å². The van der Waals surface area contributed by atoms with Crippen LogP contribution in [0.15, 0.2) is 30.7 Å². The predicted octanol–water partition coefficient (Wildman–Crippen LogP) is 2.69. The third-order valence-corrected chi connectivity index (χ3v) is 5.68. The summed E-state index contributed by atoms with van der Waals surface area (Å²) in [5, 5.41) is 11.6. The maximum Gasteiger partial charge on any atom is 0.222 e. The van der Waals surface area contributed by atoms with Crippen molar-refractivity contribution < 1.29 is 0 Å². The number of hydrogen-bond acceptors (Lipinski definition) is 7. The zero-order valence-corrected chi connectivity index (χ0v) is 15.9. The number of aromatic nitrogens is 5. The second kappa shape index (κ2) is 7.35. The molecule has 3 aromatic heterocycles. The van der Waals surface area contributed by atoms with Gasteiger partial charge in [0.05, 0.1) is 11.9 Å². The molecule has 146 valence electrons. The Morgan fingerprint density at radius 2 is 1.75 bits per heavy atom. The first-order chi connectivity index (χ1) is 13.7. The topological polar surface area (TPSA) is 106 Å². The average molecular weight is 378 g/mol. The number of anilines is 2. The molecule has 0 bridgehead atoms. The molecule has 3 aromatic rings. The van der Waals surface area contributed by atoms with Gasteiger partial charge in [-0.1, -0.05) is 0 Å². The molecule has 2 saturated carbocycles. The van der Waals surface area contributed by atoms with Crippen LogP contribution in [0.3, 0.4) is 0 Å². The number of nitrogens with one attached hydrogen (secondary N) is 2. The van der Waals surface area contributed by atoms with Gasteiger partial charge >= 0.3 is 0 Å². The van der Waals surface area contributed by atoms with Crippen molar-refractivity contribution in [2.75, 3.05) is 17.2 Å². The molecule has 0 spiro atoms. The van der Waals surface area contributed by atoms with Gasteiger partial charge in [-0.15, -0.1) is 5.10 Å². The largest absolute Gasteiger partial charge is 0.366 e. The normalized spacial score (nSPS) is 22.3. The molecule has 0 atom stereocenters. The van der Waals surface area contributed by atoms with Crippen LogP contribution in [0.2, 0.25) is 0 Å². The molecule has 0 aromatic carbocycles. The first-order valence-corrected chi connectivity index (χ1v) is 10.2. The SMILES string of the molecule is N[C@H]1CC[C@H](Nc2ccc3ncc(-c4cnc(NCC5CC5)nc4)n3n2)CC1. The smallest absolute Gasteiger partial charge is 0.222 e. The van der Waals surface area contributed by atoms with Crippen LogP contribution in [0.1, 0.15) is 38.5 Å². The summed E-state index contributed by atoms with van der Waals surface area (Å²) in [5.74, 6) is 2.32. The van der Waals surface area contributed by atoms with E-state index < -0.39 is 0 Å². The van der Waals surface area contributed by atoms with Crippen molar-refractivity contribution >= 4 is 17.4 Å². The molecular weight excluding hydrogens is 352 g/mol. The van der Waals surface area contributed by atoms with Gasteiger partial charge in [0.25, 0.3) is 0 Å². The Balaban J connectivity index is 1.34. The number of fused-ring (bicyclic) bond motifs is 1. The van der Waals surface area contributed by atoms with Gasteiger partial charge in [-0.05, 0) is 56.6 Å². The van der Waals surface area contributed by atoms with E-state index in [1.54, 1.807) is 0 Å². The summed E-state index contributed by atoms with van der Waals surface area (Å²) in [6, 6.07) is 4.74. The zero-order valence-electron chi connectivity index (χ0n) is 15.9. The number of nitrogens with zero attached hydrogens (tertiary/aromatic N) is 5. The van der Waals surface area contributed by atoms with Crippen LogP contribution < -0.4 is 16.4 Å². The number of hydrogen-bond donors (Lipinski definition) is 3. The fraction of sp³-hybridized carbons (Fsp3) is 0.500. The van der Waals surface area contributed by atoms with Crippen molar-refractivity contribution in [2.24, 2.45) is 11.7 Å².